The summed E-state index contributed by atoms with van der Waals surface area (Å²) in [4.78, 5) is 29.8. The number of amides is 2. The van der Waals surface area contributed by atoms with Gasteiger partial charge in [-0.05, 0) is 38.5 Å². The van der Waals surface area contributed by atoms with E-state index >= 15 is 0 Å². The van der Waals surface area contributed by atoms with Crippen LogP contribution in [0.1, 0.15) is 63.4 Å². The third-order valence-corrected chi connectivity index (χ3v) is 6.49. The van der Waals surface area contributed by atoms with Crippen LogP contribution in [0.25, 0.3) is 0 Å². The second kappa shape index (κ2) is 8.03. The molecular formula is C21H32N4O2. The fraction of sp³-hybridized carbons (Fsp3) is 0.762. The zero-order valence-electron chi connectivity index (χ0n) is 16.5. The first-order valence-electron chi connectivity index (χ1n) is 10.7. The minimum Gasteiger partial charge on any atom is -0.342 e. The molecule has 2 heterocycles. The number of nitrogens with zero attached hydrogens (tertiary/aromatic N) is 4. The number of hydrogen-bond acceptors (Lipinski definition) is 3. The van der Waals surface area contributed by atoms with Gasteiger partial charge in [-0.15, -0.1) is 0 Å². The Morgan fingerprint density at radius 2 is 1.74 bits per heavy atom. The number of carbonyl (C=O) groups excluding carboxylic acids is 2. The average molecular weight is 373 g/mol. The van der Waals surface area contributed by atoms with Crippen LogP contribution in [0, 0.1) is 11.8 Å². The maximum atomic E-state index is 13.4. The van der Waals surface area contributed by atoms with Gasteiger partial charge in [0.1, 0.15) is 0 Å². The van der Waals surface area contributed by atoms with Gasteiger partial charge in [-0.3, -0.25) is 14.3 Å². The van der Waals surface area contributed by atoms with Crippen molar-refractivity contribution in [3.63, 3.8) is 0 Å². The summed E-state index contributed by atoms with van der Waals surface area (Å²) in [5, 5.41) is 4.27. The second-order valence-electron chi connectivity index (χ2n) is 8.65. The Morgan fingerprint density at radius 1 is 1.04 bits per heavy atom. The summed E-state index contributed by atoms with van der Waals surface area (Å²) in [7, 11) is 1.92. The van der Waals surface area contributed by atoms with E-state index in [-0.39, 0.29) is 11.8 Å². The van der Waals surface area contributed by atoms with Crippen LogP contribution in [-0.4, -0.2) is 50.5 Å². The number of likely N-dealkylation sites (tertiary alicyclic amines) is 1. The Kier molecular flexibility index (Phi) is 5.50. The number of aryl methyl sites for hydroxylation is 1. The molecule has 27 heavy (non-hydrogen) atoms. The summed E-state index contributed by atoms with van der Waals surface area (Å²) in [5.41, 5.74) is 1.11. The summed E-state index contributed by atoms with van der Waals surface area (Å²) in [6, 6.07) is 0.359. The molecule has 3 aliphatic rings. The highest BCUT2D eigenvalue weighted by Crippen LogP contribution is 2.33. The van der Waals surface area contributed by atoms with Crippen LogP contribution < -0.4 is 0 Å². The van der Waals surface area contributed by atoms with E-state index in [0.717, 1.165) is 57.2 Å². The molecule has 0 aromatic carbocycles. The Bertz CT molecular complexity index is 667. The van der Waals surface area contributed by atoms with Gasteiger partial charge in [0.05, 0.1) is 6.20 Å². The molecule has 1 aliphatic heterocycles. The van der Waals surface area contributed by atoms with Crippen molar-refractivity contribution in [2.45, 2.75) is 70.4 Å². The minimum absolute atomic E-state index is 0.0619. The number of hydrogen-bond donors (Lipinski definition) is 0. The maximum absolute atomic E-state index is 13.4. The molecule has 2 aliphatic carbocycles. The van der Waals surface area contributed by atoms with Crippen molar-refractivity contribution in [3.8, 4) is 0 Å². The van der Waals surface area contributed by atoms with Gasteiger partial charge >= 0.3 is 0 Å². The van der Waals surface area contributed by atoms with E-state index in [0.29, 0.717) is 24.4 Å². The van der Waals surface area contributed by atoms with Crippen LogP contribution in [0.15, 0.2) is 12.4 Å². The van der Waals surface area contributed by atoms with Crippen molar-refractivity contribution in [2.24, 2.45) is 18.9 Å². The molecule has 0 N–H and O–H groups in total. The van der Waals surface area contributed by atoms with Crippen LogP contribution in [-0.2, 0) is 23.2 Å². The SMILES string of the molecule is Cn1cc(CN(C(=O)C2CCN(C(=O)C3CC3)CC2)C2CCCCC2)cn1. The lowest BCUT2D eigenvalue weighted by atomic mass is 9.90. The Labute approximate surface area is 161 Å². The quantitative estimate of drug-likeness (QED) is 0.798. The lowest BCUT2D eigenvalue weighted by Gasteiger charge is -2.39. The highest BCUT2D eigenvalue weighted by Gasteiger charge is 2.37. The van der Waals surface area contributed by atoms with E-state index in [4.69, 9.17) is 0 Å². The van der Waals surface area contributed by atoms with Crippen LogP contribution in [0.5, 0.6) is 0 Å². The first-order valence-corrected chi connectivity index (χ1v) is 10.7. The molecule has 6 nitrogen and oxygen atoms in total. The molecular weight excluding hydrogens is 340 g/mol. The molecule has 4 rings (SSSR count). The van der Waals surface area contributed by atoms with Crippen molar-refractivity contribution in [1.29, 1.82) is 0 Å². The maximum Gasteiger partial charge on any atom is 0.226 e. The molecule has 148 valence electrons. The van der Waals surface area contributed by atoms with Crippen LogP contribution in [0.3, 0.4) is 0 Å². The Morgan fingerprint density at radius 3 is 2.33 bits per heavy atom. The number of aromatic nitrogens is 2. The van der Waals surface area contributed by atoms with E-state index < -0.39 is 0 Å². The normalized spacial score (nSPS) is 22.0. The summed E-state index contributed by atoms with van der Waals surface area (Å²) in [6.07, 6.45) is 13.6. The van der Waals surface area contributed by atoms with E-state index in [2.05, 4.69) is 10.00 Å². The van der Waals surface area contributed by atoms with Gasteiger partial charge in [-0.25, -0.2) is 0 Å². The van der Waals surface area contributed by atoms with Crippen LogP contribution >= 0.6 is 0 Å². The van der Waals surface area contributed by atoms with Crippen molar-refractivity contribution in [2.75, 3.05) is 13.1 Å². The van der Waals surface area contributed by atoms with Crippen molar-refractivity contribution in [1.82, 2.24) is 19.6 Å². The lowest BCUT2D eigenvalue weighted by Crippen LogP contribution is -2.48. The topological polar surface area (TPSA) is 58.4 Å². The fourth-order valence-electron chi connectivity index (χ4n) is 4.70. The predicted octanol–water partition coefficient (Wildman–Crippen LogP) is 2.73. The number of carbonyl (C=O) groups is 2. The van der Waals surface area contributed by atoms with Gasteiger partial charge in [0, 0.05) is 56.3 Å². The largest absolute Gasteiger partial charge is 0.342 e. The van der Waals surface area contributed by atoms with Crippen molar-refractivity contribution in [3.05, 3.63) is 18.0 Å². The van der Waals surface area contributed by atoms with Gasteiger partial charge in [0.25, 0.3) is 0 Å². The van der Waals surface area contributed by atoms with Gasteiger partial charge in [0.15, 0.2) is 0 Å². The van der Waals surface area contributed by atoms with Gasteiger partial charge in [-0.2, -0.15) is 5.10 Å². The van der Waals surface area contributed by atoms with E-state index in [9.17, 15) is 9.59 Å². The summed E-state index contributed by atoms with van der Waals surface area (Å²) >= 11 is 0. The second-order valence-corrected chi connectivity index (χ2v) is 8.65. The van der Waals surface area contributed by atoms with Gasteiger partial charge in [0.2, 0.25) is 11.8 Å². The molecule has 3 fully saturated rings. The van der Waals surface area contributed by atoms with Gasteiger partial charge in [-0.1, -0.05) is 19.3 Å². The molecule has 6 heteroatoms. The van der Waals surface area contributed by atoms with Crippen LogP contribution in [0.2, 0.25) is 0 Å². The highest BCUT2D eigenvalue weighted by molar-refractivity contribution is 5.82. The average Bonchev–Trinajstić information content (AvgIpc) is 3.48. The predicted molar refractivity (Wildman–Crippen MR) is 103 cm³/mol. The standard InChI is InChI=1S/C21H32N4O2/c1-23-14-16(13-22-23)15-25(19-5-3-2-4-6-19)21(27)18-9-11-24(12-10-18)20(26)17-7-8-17/h13-14,17-19H,2-12,15H2,1H3. The molecule has 1 saturated heterocycles. The number of rotatable bonds is 5. The molecule has 0 spiro atoms. The first kappa shape index (κ1) is 18.5. The van der Waals surface area contributed by atoms with Crippen molar-refractivity contribution >= 4 is 11.8 Å². The third kappa shape index (κ3) is 4.36. The summed E-state index contributed by atoms with van der Waals surface area (Å²) in [5.74, 6) is 0.957. The van der Waals surface area contributed by atoms with E-state index in [1.807, 2.05) is 24.3 Å². The molecule has 0 bridgehead atoms. The molecule has 1 aromatic heterocycles. The van der Waals surface area contributed by atoms with Gasteiger partial charge < -0.3 is 9.80 Å². The molecule has 0 unspecified atom stereocenters. The molecule has 0 atom stereocenters. The van der Waals surface area contributed by atoms with Crippen molar-refractivity contribution < 1.29 is 9.59 Å². The Balaban J connectivity index is 1.41. The molecule has 2 amide bonds. The fourth-order valence-corrected chi connectivity index (χ4v) is 4.70. The molecule has 2 saturated carbocycles. The number of piperidine rings is 1. The lowest BCUT2D eigenvalue weighted by molar-refractivity contribution is -0.144. The zero-order valence-corrected chi connectivity index (χ0v) is 16.5. The highest BCUT2D eigenvalue weighted by atomic mass is 16.2. The van der Waals surface area contributed by atoms with Crippen LogP contribution in [0.4, 0.5) is 0 Å². The van der Waals surface area contributed by atoms with E-state index in [1.54, 1.807) is 4.68 Å². The zero-order chi connectivity index (χ0) is 18.8. The monoisotopic (exact) mass is 372 g/mol. The molecule has 0 radical (unpaired) electrons. The molecule has 1 aromatic rings. The smallest absolute Gasteiger partial charge is 0.226 e. The Hall–Kier alpha value is -1.85. The minimum atomic E-state index is 0.0619. The third-order valence-electron chi connectivity index (χ3n) is 6.49. The summed E-state index contributed by atoms with van der Waals surface area (Å²) in [6.45, 7) is 2.16. The first-order chi connectivity index (χ1) is 13.1. The summed E-state index contributed by atoms with van der Waals surface area (Å²) < 4.78 is 1.81. The van der Waals surface area contributed by atoms with E-state index in [1.165, 1.54) is 19.3 Å².